The van der Waals surface area contributed by atoms with Crippen molar-refractivity contribution < 1.29 is 14.3 Å². The van der Waals surface area contributed by atoms with Gasteiger partial charge in [0, 0.05) is 6.42 Å². The standard InChI is InChI=1S/C20H19N3O5/c24-18(21-11-13-12-27-16-7-3-4-8-17(16)28-13)9-10-23-20(26)15-6-2-1-5-14(15)19(25)22-23/h1-8,13H,9-12H2,(H,21,24)(H,22,25). The predicted octanol–water partition coefficient (Wildman–Crippen LogP) is 1.04. The zero-order valence-electron chi connectivity index (χ0n) is 15.0. The van der Waals surface area contributed by atoms with Crippen molar-refractivity contribution in [2.75, 3.05) is 13.2 Å². The number of nitrogens with one attached hydrogen (secondary N) is 2. The number of aromatic nitrogens is 2. The molecule has 0 aliphatic carbocycles. The number of ether oxygens (including phenoxy) is 2. The Morgan fingerprint density at radius 3 is 2.61 bits per heavy atom. The van der Waals surface area contributed by atoms with Gasteiger partial charge in [-0.1, -0.05) is 24.3 Å². The molecule has 8 heteroatoms. The molecule has 0 spiro atoms. The first kappa shape index (κ1) is 17.8. The molecule has 0 bridgehead atoms. The highest BCUT2D eigenvalue weighted by Crippen LogP contribution is 2.30. The molecule has 8 nitrogen and oxygen atoms in total. The fourth-order valence-corrected chi connectivity index (χ4v) is 3.10. The lowest BCUT2D eigenvalue weighted by Gasteiger charge is -2.26. The summed E-state index contributed by atoms with van der Waals surface area (Å²) in [5, 5.41) is 5.96. The number of hydrogen-bond acceptors (Lipinski definition) is 5. The Kier molecular flexibility index (Phi) is 4.84. The molecule has 2 N–H and O–H groups in total. The fraction of sp³-hybridized carbons (Fsp3) is 0.250. The van der Waals surface area contributed by atoms with Gasteiger partial charge in [0.05, 0.1) is 23.9 Å². The van der Waals surface area contributed by atoms with Gasteiger partial charge in [0.1, 0.15) is 12.7 Å². The Bertz CT molecular complexity index is 1130. The van der Waals surface area contributed by atoms with Crippen molar-refractivity contribution >= 4 is 16.7 Å². The minimum absolute atomic E-state index is 0.0539. The Labute approximate surface area is 159 Å². The van der Waals surface area contributed by atoms with E-state index in [9.17, 15) is 14.4 Å². The molecule has 3 aromatic rings. The van der Waals surface area contributed by atoms with Gasteiger partial charge in [-0.15, -0.1) is 0 Å². The molecule has 144 valence electrons. The Balaban J connectivity index is 1.34. The van der Waals surface area contributed by atoms with Gasteiger partial charge in [-0.05, 0) is 24.3 Å². The number of hydrogen-bond donors (Lipinski definition) is 2. The third-order valence-electron chi connectivity index (χ3n) is 4.54. The number of fused-ring (bicyclic) bond motifs is 2. The molecule has 1 aromatic heterocycles. The van der Waals surface area contributed by atoms with E-state index in [4.69, 9.17) is 9.47 Å². The SMILES string of the molecule is O=C(CCn1[nH]c(=O)c2ccccc2c1=O)NCC1COc2ccccc2O1. The van der Waals surface area contributed by atoms with Crippen LogP contribution in [0.5, 0.6) is 11.5 Å². The van der Waals surface area contributed by atoms with Crippen molar-refractivity contribution in [2.24, 2.45) is 0 Å². The summed E-state index contributed by atoms with van der Waals surface area (Å²) in [7, 11) is 0. The van der Waals surface area contributed by atoms with Crippen LogP contribution in [0.2, 0.25) is 0 Å². The van der Waals surface area contributed by atoms with Crippen LogP contribution >= 0.6 is 0 Å². The first-order valence-corrected chi connectivity index (χ1v) is 8.99. The van der Waals surface area contributed by atoms with Gasteiger partial charge in [-0.2, -0.15) is 0 Å². The van der Waals surface area contributed by atoms with Crippen LogP contribution in [0.4, 0.5) is 0 Å². The van der Waals surface area contributed by atoms with Crippen LogP contribution in [0.1, 0.15) is 6.42 Å². The third-order valence-corrected chi connectivity index (χ3v) is 4.54. The predicted molar refractivity (Wildman–Crippen MR) is 103 cm³/mol. The molecule has 1 amide bonds. The summed E-state index contributed by atoms with van der Waals surface area (Å²) in [5.41, 5.74) is -0.689. The Morgan fingerprint density at radius 1 is 1.07 bits per heavy atom. The van der Waals surface area contributed by atoms with Crippen molar-refractivity contribution in [3.63, 3.8) is 0 Å². The van der Waals surface area contributed by atoms with E-state index < -0.39 is 0 Å². The molecule has 1 atom stereocenters. The van der Waals surface area contributed by atoms with E-state index in [2.05, 4.69) is 10.4 Å². The first-order valence-electron chi connectivity index (χ1n) is 8.99. The molecule has 28 heavy (non-hydrogen) atoms. The van der Waals surface area contributed by atoms with Crippen molar-refractivity contribution in [3.05, 3.63) is 69.2 Å². The fourth-order valence-electron chi connectivity index (χ4n) is 3.10. The average Bonchev–Trinajstić information content (AvgIpc) is 2.73. The van der Waals surface area contributed by atoms with Crippen molar-refractivity contribution in [1.82, 2.24) is 15.1 Å². The highest BCUT2D eigenvalue weighted by atomic mass is 16.6. The molecule has 1 unspecified atom stereocenters. The summed E-state index contributed by atoms with van der Waals surface area (Å²) in [6.07, 6.45) is -0.236. The second-order valence-corrected chi connectivity index (χ2v) is 6.49. The zero-order valence-corrected chi connectivity index (χ0v) is 15.0. The number of rotatable bonds is 5. The minimum atomic E-state index is -0.359. The number of benzene rings is 2. The van der Waals surface area contributed by atoms with E-state index >= 15 is 0 Å². The van der Waals surface area contributed by atoms with Crippen molar-refractivity contribution in [1.29, 1.82) is 0 Å². The number of nitrogens with zero attached hydrogens (tertiary/aromatic N) is 1. The summed E-state index contributed by atoms with van der Waals surface area (Å²) in [6, 6.07) is 13.9. The molecule has 0 saturated heterocycles. The van der Waals surface area contributed by atoms with E-state index in [0.717, 1.165) is 0 Å². The normalized spacial score (nSPS) is 15.4. The van der Waals surface area contributed by atoms with Crippen LogP contribution in [0.15, 0.2) is 58.1 Å². The molecular formula is C20H19N3O5. The van der Waals surface area contributed by atoms with Gasteiger partial charge in [-0.25, -0.2) is 4.68 Å². The topological polar surface area (TPSA) is 102 Å². The molecule has 1 aliphatic rings. The monoisotopic (exact) mass is 381 g/mol. The molecule has 4 rings (SSSR count). The number of amides is 1. The van der Waals surface area contributed by atoms with Crippen LogP contribution < -0.4 is 25.9 Å². The largest absolute Gasteiger partial charge is 0.486 e. The number of aryl methyl sites for hydroxylation is 1. The first-order chi connectivity index (χ1) is 13.6. The molecule has 2 aromatic carbocycles. The molecule has 2 heterocycles. The molecule has 0 saturated carbocycles. The van der Waals surface area contributed by atoms with Crippen LogP contribution in [-0.2, 0) is 11.3 Å². The highest BCUT2D eigenvalue weighted by molar-refractivity contribution is 5.80. The Hall–Kier alpha value is -3.55. The zero-order chi connectivity index (χ0) is 19.5. The molecular weight excluding hydrogens is 362 g/mol. The van der Waals surface area contributed by atoms with E-state index in [1.807, 2.05) is 24.3 Å². The quantitative estimate of drug-likeness (QED) is 0.687. The maximum absolute atomic E-state index is 12.4. The summed E-state index contributed by atoms with van der Waals surface area (Å²) >= 11 is 0. The lowest BCUT2D eigenvalue weighted by Crippen LogP contribution is -2.41. The average molecular weight is 381 g/mol. The number of carbonyl (C=O) groups is 1. The van der Waals surface area contributed by atoms with Gasteiger partial charge in [0.15, 0.2) is 11.5 Å². The summed E-state index contributed by atoms with van der Waals surface area (Å²) in [6.45, 7) is 0.709. The van der Waals surface area contributed by atoms with Crippen LogP contribution in [0, 0.1) is 0 Å². The molecule has 1 aliphatic heterocycles. The van der Waals surface area contributed by atoms with Gasteiger partial charge < -0.3 is 14.8 Å². The minimum Gasteiger partial charge on any atom is -0.486 e. The third kappa shape index (κ3) is 3.62. The van der Waals surface area contributed by atoms with Gasteiger partial charge >= 0.3 is 0 Å². The van der Waals surface area contributed by atoms with Crippen molar-refractivity contribution in [2.45, 2.75) is 19.1 Å². The summed E-state index contributed by atoms with van der Waals surface area (Å²) < 4.78 is 12.6. The number of carbonyl (C=O) groups excluding carboxylic acids is 1. The summed E-state index contributed by atoms with van der Waals surface area (Å²) in [5.74, 6) is 1.08. The smallest absolute Gasteiger partial charge is 0.273 e. The lowest BCUT2D eigenvalue weighted by molar-refractivity contribution is -0.121. The second kappa shape index (κ2) is 7.59. The summed E-state index contributed by atoms with van der Waals surface area (Å²) in [4.78, 5) is 36.7. The maximum Gasteiger partial charge on any atom is 0.273 e. The maximum atomic E-state index is 12.4. The van der Waals surface area contributed by atoms with E-state index in [-0.39, 0.29) is 42.6 Å². The van der Waals surface area contributed by atoms with Crippen molar-refractivity contribution in [3.8, 4) is 11.5 Å². The Morgan fingerprint density at radius 2 is 1.79 bits per heavy atom. The lowest BCUT2D eigenvalue weighted by atomic mass is 10.2. The number of H-pyrrole nitrogens is 1. The van der Waals surface area contributed by atoms with Gasteiger partial charge in [-0.3, -0.25) is 19.5 Å². The van der Waals surface area contributed by atoms with E-state index in [1.165, 1.54) is 4.68 Å². The molecule has 0 fully saturated rings. The second-order valence-electron chi connectivity index (χ2n) is 6.49. The van der Waals surface area contributed by atoms with Gasteiger partial charge in [0.2, 0.25) is 5.91 Å². The molecule has 0 radical (unpaired) electrons. The van der Waals surface area contributed by atoms with Crippen LogP contribution in [0.3, 0.4) is 0 Å². The van der Waals surface area contributed by atoms with E-state index in [1.54, 1.807) is 24.3 Å². The van der Waals surface area contributed by atoms with E-state index in [0.29, 0.717) is 28.9 Å². The number of para-hydroxylation sites is 2. The number of aromatic amines is 1. The van der Waals surface area contributed by atoms with Crippen LogP contribution in [-0.4, -0.2) is 34.9 Å². The highest BCUT2D eigenvalue weighted by Gasteiger charge is 2.21. The van der Waals surface area contributed by atoms with Gasteiger partial charge in [0.25, 0.3) is 11.1 Å². The van der Waals surface area contributed by atoms with Crippen LogP contribution in [0.25, 0.3) is 10.8 Å².